The van der Waals surface area contributed by atoms with Gasteiger partial charge in [0.1, 0.15) is 0 Å². The predicted molar refractivity (Wildman–Crippen MR) is 628 cm³/mol. The van der Waals surface area contributed by atoms with E-state index >= 15 is 0 Å². The molecule has 1 aliphatic heterocycles. The van der Waals surface area contributed by atoms with Crippen molar-refractivity contribution in [3.8, 4) is 89.0 Å². The molecule has 24 aromatic rings. The van der Waals surface area contributed by atoms with Crippen LogP contribution in [0, 0.1) is 27.7 Å². The summed E-state index contributed by atoms with van der Waals surface area (Å²) >= 11 is 7.49. The molecule has 0 radical (unpaired) electrons. The SMILES string of the molecule is Brc1c2ccccc2cc2ccccc12.CC1(C)OB(c2c3c(cc4ccccc24)=CCCC=3)OC1(C)C.Cc1ccccc1-c1c2ccccc2c(-c2ccc(-c3ccc4c(c3)C(C)(C)c3cc(-c5c6ccccc6c(-c6ccccc6C)c6ccccc56)ccc3-4)cc2)c2ccccc12.Cc1ccccc1-c1c2ccccc2c(Br)c2ccccc12.Cc1ccccc1-c1c2ccccc2cc2ccccc12. The van der Waals surface area contributed by atoms with E-state index in [2.05, 4.69) is 556 Å². The zero-order valence-corrected chi connectivity index (χ0v) is 86.0. The molecule has 1 fully saturated rings. The van der Waals surface area contributed by atoms with Gasteiger partial charge in [0, 0.05) is 14.4 Å². The molecule has 0 aromatic heterocycles. The fourth-order valence-corrected chi connectivity index (χ4v) is 24.3. The first kappa shape index (κ1) is 92.5. The highest BCUT2D eigenvalue weighted by Crippen LogP contribution is 2.55. The second kappa shape index (κ2) is 38.3. The van der Waals surface area contributed by atoms with Crippen molar-refractivity contribution < 1.29 is 9.31 Å². The first-order valence-electron chi connectivity index (χ1n) is 50.4. The lowest BCUT2D eigenvalue weighted by atomic mass is 9.73. The molecule has 0 saturated carbocycles. The van der Waals surface area contributed by atoms with Crippen molar-refractivity contribution in [3.63, 3.8) is 0 Å². The highest BCUT2D eigenvalue weighted by molar-refractivity contribution is 9.11. The molecule has 5 heteroatoms. The Morgan fingerprint density at radius 1 is 0.215 bits per heavy atom. The Labute approximate surface area is 860 Å². The lowest BCUT2D eigenvalue weighted by Crippen LogP contribution is -2.51. The molecule has 0 unspecified atom stereocenters. The third-order valence-electron chi connectivity index (χ3n) is 30.9. The van der Waals surface area contributed by atoms with E-state index in [0.717, 1.165) is 12.8 Å². The standard InChI is InChI=1S/C63H46.C21H15Br.C21H16.C20H23BO2.C14H9Br/c1-39-17-5-7-19-45(39)61-53-25-13-9-21-49(53)59(50-22-10-14-26-54(50)61)42-31-29-41(30-32-42)43-33-35-47-48-36-34-44(38-58(48)63(3,4)57(47)37-43)60-51-23-11-15-27-55(51)62(46-20-8-6-18-40(46)2)56-28-16-12-24-52(56)60;1-14-8-2-3-9-15(14)20-16-10-4-6-12-18(16)21(22)19-13-7-5-11-17(19)20;1-15-8-2-5-11-18(15)21-19-12-6-3-9-16(19)14-17-10-4-7-13-20(17)21;1-19(2)20(3,4)23-21(22-19)18-16-11-7-5-9-14(16)13-15-10-6-8-12-17(15)18;15-14-12-7-3-1-5-10(12)9-11-6-2-4-8-13(11)14/h5-38H,1-4H3;2-13H,1H3;2-14H,1H3;5,7,9-13H,6,8H2,1-4H3;1-9H. The van der Waals surface area contributed by atoms with Crippen LogP contribution in [0.5, 0.6) is 0 Å². The van der Waals surface area contributed by atoms with Crippen LogP contribution in [0.25, 0.3) is 220 Å². The Bertz CT molecular complexity index is 9110. The predicted octanol–water partition coefficient (Wildman–Crippen LogP) is 37.5. The van der Waals surface area contributed by atoms with Crippen LogP contribution in [0.3, 0.4) is 0 Å². The number of rotatable bonds is 8. The van der Waals surface area contributed by atoms with Crippen LogP contribution in [0.15, 0.2) is 452 Å². The van der Waals surface area contributed by atoms with Gasteiger partial charge in [0.25, 0.3) is 0 Å². The maximum absolute atomic E-state index is 6.37. The minimum Gasteiger partial charge on any atom is -0.399 e. The van der Waals surface area contributed by atoms with Crippen molar-refractivity contribution >= 4 is 175 Å². The molecular weight excluding hydrogens is 1870 g/mol. The topological polar surface area (TPSA) is 18.5 Å². The molecule has 3 aliphatic rings. The minimum absolute atomic E-state index is 0.181. The van der Waals surface area contributed by atoms with E-state index in [4.69, 9.17) is 9.31 Å². The molecule has 0 bridgehead atoms. The molecule has 2 aliphatic carbocycles. The van der Waals surface area contributed by atoms with Crippen LogP contribution >= 0.6 is 31.9 Å². The fraction of sp³-hybridized carbons (Fsp3) is 0.108. The Morgan fingerprint density at radius 3 is 0.854 bits per heavy atom. The number of aryl methyl sites for hydroxylation is 4. The Kier molecular flexibility index (Phi) is 24.6. The van der Waals surface area contributed by atoms with Crippen LogP contribution in [0.4, 0.5) is 0 Å². The summed E-state index contributed by atoms with van der Waals surface area (Å²) in [5.74, 6) is 0. The summed E-state index contributed by atoms with van der Waals surface area (Å²) in [6.07, 6.45) is 6.85. The maximum Gasteiger partial charge on any atom is 0.496 e. The van der Waals surface area contributed by atoms with E-state index < -0.39 is 0 Å². The number of hydrogen-bond acceptors (Lipinski definition) is 2. The van der Waals surface area contributed by atoms with Gasteiger partial charge >= 0.3 is 7.12 Å². The van der Waals surface area contributed by atoms with E-state index in [1.165, 1.54) is 266 Å². The van der Waals surface area contributed by atoms with Gasteiger partial charge in [0.05, 0.1) is 11.2 Å². The van der Waals surface area contributed by atoms with Crippen molar-refractivity contribution in [1.29, 1.82) is 0 Å². The first-order chi connectivity index (χ1) is 70.2. The number of benzene rings is 24. The molecule has 0 amide bonds. The van der Waals surface area contributed by atoms with Gasteiger partial charge in [-0.3, -0.25) is 0 Å². The summed E-state index contributed by atoms with van der Waals surface area (Å²) in [4.78, 5) is 0. The minimum atomic E-state index is -0.320. The van der Waals surface area contributed by atoms with Gasteiger partial charge in [0.15, 0.2) is 0 Å². The second-order valence-electron chi connectivity index (χ2n) is 40.4. The maximum atomic E-state index is 6.37. The van der Waals surface area contributed by atoms with Gasteiger partial charge in [-0.05, 0) is 387 Å². The summed E-state index contributed by atoms with van der Waals surface area (Å²) in [7, 11) is -0.317. The molecule has 0 spiro atoms. The van der Waals surface area contributed by atoms with E-state index in [0.29, 0.717) is 0 Å². The molecule has 2 nitrogen and oxygen atoms in total. The number of hydrogen-bond donors (Lipinski definition) is 0. The monoisotopic (exact) mass is 1980 g/mol. The first-order valence-corrected chi connectivity index (χ1v) is 52.0. The molecule has 1 saturated heterocycles. The average molecular weight is 1980 g/mol. The molecule has 24 aromatic carbocycles. The van der Waals surface area contributed by atoms with Crippen LogP contribution in [0.2, 0.25) is 0 Å². The zero-order chi connectivity index (χ0) is 98.2. The zero-order valence-electron chi connectivity index (χ0n) is 82.9. The summed E-state index contributed by atoms with van der Waals surface area (Å²) in [5, 5.41) is 30.8. The third kappa shape index (κ3) is 16.6. The number of fused-ring (bicyclic) bond motifs is 15. The molecule has 144 heavy (non-hydrogen) atoms. The van der Waals surface area contributed by atoms with Crippen LogP contribution in [-0.2, 0) is 14.7 Å². The van der Waals surface area contributed by atoms with Gasteiger partial charge in [-0.1, -0.05) is 439 Å². The smallest absolute Gasteiger partial charge is 0.399 e. The lowest BCUT2D eigenvalue weighted by Gasteiger charge is -2.32. The van der Waals surface area contributed by atoms with Crippen molar-refractivity contribution in [2.24, 2.45) is 0 Å². The second-order valence-corrected chi connectivity index (χ2v) is 41.9. The van der Waals surface area contributed by atoms with Crippen molar-refractivity contribution in [2.45, 2.75) is 98.7 Å². The highest BCUT2D eigenvalue weighted by atomic mass is 79.9. The van der Waals surface area contributed by atoms with Crippen LogP contribution < -0.4 is 15.9 Å². The summed E-state index contributed by atoms with van der Waals surface area (Å²) in [5.41, 5.74) is 29.1. The normalized spacial score (nSPS) is 13.6. The van der Waals surface area contributed by atoms with Gasteiger partial charge in [-0.25, -0.2) is 0 Å². The Balaban J connectivity index is 0.000000115. The van der Waals surface area contributed by atoms with Crippen molar-refractivity contribution in [3.05, 3.63) is 496 Å². The van der Waals surface area contributed by atoms with E-state index in [1.807, 2.05) is 0 Å². The average Bonchev–Trinajstić information content (AvgIpc) is 1.35. The third-order valence-corrected chi connectivity index (χ3v) is 32.6. The summed E-state index contributed by atoms with van der Waals surface area (Å²) in [6, 6.07) is 161. The fourth-order valence-electron chi connectivity index (χ4n) is 22.9. The van der Waals surface area contributed by atoms with Crippen LogP contribution in [-0.4, -0.2) is 18.3 Å². The lowest BCUT2D eigenvalue weighted by molar-refractivity contribution is 0.00578. The van der Waals surface area contributed by atoms with Gasteiger partial charge in [0.2, 0.25) is 0 Å². The van der Waals surface area contributed by atoms with E-state index in [9.17, 15) is 0 Å². The van der Waals surface area contributed by atoms with Crippen LogP contribution in [0.1, 0.15) is 87.8 Å². The largest absolute Gasteiger partial charge is 0.496 e. The molecular formula is C139H109BBr2O2. The Morgan fingerprint density at radius 2 is 0.472 bits per heavy atom. The highest BCUT2D eigenvalue weighted by Gasteiger charge is 2.52. The number of halogens is 2. The van der Waals surface area contributed by atoms with Gasteiger partial charge in [-0.15, -0.1) is 0 Å². The Hall–Kier alpha value is -15.2. The van der Waals surface area contributed by atoms with E-state index in [-0.39, 0.29) is 23.7 Å². The molecule has 0 N–H and O–H groups in total. The summed E-state index contributed by atoms with van der Waals surface area (Å²) in [6.45, 7) is 22.1. The van der Waals surface area contributed by atoms with E-state index in [1.54, 1.807) is 0 Å². The quantitative estimate of drug-likeness (QED) is 0.112. The van der Waals surface area contributed by atoms with Gasteiger partial charge in [-0.2, -0.15) is 0 Å². The molecule has 694 valence electrons. The van der Waals surface area contributed by atoms with Crippen molar-refractivity contribution in [2.75, 3.05) is 0 Å². The summed E-state index contributed by atoms with van der Waals surface area (Å²) < 4.78 is 15.1. The molecule has 0 atom stereocenters. The van der Waals surface area contributed by atoms with Gasteiger partial charge < -0.3 is 9.31 Å². The van der Waals surface area contributed by atoms with Crippen molar-refractivity contribution in [1.82, 2.24) is 0 Å². The molecule has 1 heterocycles. The molecule has 27 rings (SSSR count).